The van der Waals surface area contributed by atoms with Gasteiger partial charge in [0.25, 0.3) is 0 Å². The molecule has 0 saturated heterocycles. The van der Waals surface area contributed by atoms with Crippen molar-refractivity contribution in [1.29, 1.82) is 0 Å². The lowest BCUT2D eigenvalue weighted by molar-refractivity contribution is 0.669. The van der Waals surface area contributed by atoms with Crippen molar-refractivity contribution in [3.63, 3.8) is 0 Å². The number of para-hydroxylation sites is 1. The van der Waals surface area contributed by atoms with Crippen molar-refractivity contribution in [2.24, 2.45) is 0 Å². The fourth-order valence-electron chi connectivity index (χ4n) is 4.08. The summed E-state index contributed by atoms with van der Waals surface area (Å²) in [6, 6.07) is 34.1. The topological polar surface area (TPSA) is 38.9 Å². The van der Waals surface area contributed by atoms with Gasteiger partial charge < -0.3 is 4.42 Å². The van der Waals surface area contributed by atoms with Crippen molar-refractivity contribution in [3.05, 3.63) is 108 Å². The first-order chi connectivity index (χ1) is 15.8. The third-order valence-electron chi connectivity index (χ3n) is 5.58. The lowest BCUT2D eigenvalue weighted by Gasteiger charge is -2.10. The van der Waals surface area contributed by atoms with Gasteiger partial charge in [0, 0.05) is 27.5 Å². The fraction of sp³-hybridized carbons (Fsp3) is 0. The number of hydrogen-bond acceptors (Lipinski definition) is 3. The number of halogens is 1. The number of nitrogens with zero attached hydrogens (tertiary/aromatic N) is 2. The summed E-state index contributed by atoms with van der Waals surface area (Å²) in [5, 5.41) is 2.51. The molecule has 0 N–H and O–H groups in total. The smallest absolute Gasteiger partial charge is 0.161 e. The van der Waals surface area contributed by atoms with Gasteiger partial charge in [-0.2, -0.15) is 0 Å². The Bertz CT molecular complexity index is 1520. The molecule has 4 heteroatoms. The predicted octanol–water partition coefficient (Wildman–Crippen LogP) is 8.03. The van der Waals surface area contributed by atoms with E-state index in [1.165, 1.54) is 0 Å². The third-order valence-corrected chi connectivity index (χ3v) is 5.88. The van der Waals surface area contributed by atoms with Gasteiger partial charge in [0.1, 0.15) is 5.58 Å². The molecule has 0 aliphatic rings. The molecule has 6 aromatic rings. The van der Waals surface area contributed by atoms with E-state index in [9.17, 15) is 0 Å². The van der Waals surface area contributed by atoms with Crippen LogP contribution in [-0.2, 0) is 0 Å². The number of benzene rings is 4. The number of rotatable bonds is 3. The Morgan fingerprint density at radius 2 is 1.25 bits per heavy atom. The van der Waals surface area contributed by atoms with Gasteiger partial charge in [-0.05, 0) is 18.2 Å². The zero-order valence-corrected chi connectivity index (χ0v) is 17.8. The van der Waals surface area contributed by atoms with E-state index < -0.39 is 0 Å². The molecule has 0 fully saturated rings. The summed E-state index contributed by atoms with van der Waals surface area (Å²) in [4.78, 5) is 9.95. The minimum absolute atomic E-state index is 0.591. The van der Waals surface area contributed by atoms with E-state index in [1.54, 1.807) is 0 Å². The Kier molecular flexibility index (Phi) is 4.48. The van der Waals surface area contributed by atoms with Crippen LogP contribution >= 0.6 is 11.6 Å². The van der Waals surface area contributed by atoms with E-state index in [2.05, 4.69) is 24.3 Å². The van der Waals surface area contributed by atoms with Crippen LogP contribution in [0.4, 0.5) is 0 Å². The summed E-state index contributed by atoms with van der Waals surface area (Å²) in [5.74, 6) is 0.651. The lowest BCUT2D eigenvalue weighted by Crippen LogP contribution is -1.96. The second-order valence-corrected chi connectivity index (χ2v) is 8.00. The maximum Gasteiger partial charge on any atom is 0.161 e. The highest BCUT2D eigenvalue weighted by Gasteiger charge is 2.17. The summed E-state index contributed by atoms with van der Waals surface area (Å²) in [7, 11) is 0. The van der Waals surface area contributed by atoms with Crippen LogP contribution in [-0.4, -0.2) is 9.97 Å². The summed E-state index contributed by atoms with van der Waals surface area (Å²) >= 11 is 6.41. The van der Waals surface area contributed by atoms with Crippen molar-refractivity contribution in [3.8, 4) is 33.9 Å². The van der Waals surface area contributed by atoms with Crippen molar-refractivity contribution in [2.75, 3.05) is 0 Å². The average molecular weight is 433 g/mol. The molecule has 3 nitrogen and oxygen atoms in total. The van der Waals surface area contributed by atoms with Crippen LogP contribution < -0.4 is 0 Å². The molecule has 0 spiro atoms. The van der Waals surface area contributed by atoms with Crippen molar-refractivity contribution in [1.82, 2.24) is 9.97 Å². The maximum atomic E-state index is 6.41. The molecule has 0 atom stereocenters. The number of furan rings is 1. The standard InChI is InChI=1S/C28H17ClN2O/c29-22-15-7-13-20-26-21(14-8-16-25(26)32-27(20)22)28-30-23(18-9-3-1-4-10-18)17-24(31-28)19-11-5-2-6-12-19/h1-17H. The molecule has 4 aromatic carbocycles. The van der Waals surface area contributed by atoms with E-state index in [0.717, 1.165) is 44.4 Å². The minimum Gasteiger partial charge on any atom is -0.454 e. The molecular formula is C28H17ClN2O. The zero-order valence-electron chi connectivity index (χ0n) is 17.0. The van der Waals surface area contributed by atoms with Gasteiger partial charge in [-0.1, -0.05) is 96.5 Å². The second-order valence-electron chi connectivity index (χ2n) is 7.59. The van der Waals surface area contributed by atoms with Crippen LogP contribution in [0.2, 0.25) is 5.02 Å². The first-order valence-electron chi connectivity index (χ1n) is 10.4. The van der Waals surface area contributed by atoms with E-state index in [0.29, 0.717) is 16.4 Å². The van der Waals surface area contributed by atoms with Crippen LogP contribution in [0, 0.1) is 0 Å². The van der Waals surface area contributed by atoms with E-state index >= 15 is 0 Å². The monoisotopic (exact) mass is 432 g/mol. The normalized spacial score (nSPS) is 11.3. The molecule has 0 aliphatic heterocycles. The quantitative estimate of drug-likeness (QED) is 0.284. The second kappa shape index (κ2) is 7.63. The predicted molar refractivity (Wildman–Crippen MR) is 131 cm³/mol. The van der Waals surface area contributed by atoms with Crippen molar-refractivity contribution < 1.29 is 4.42 Å². The fourth-order valence-corrected chi connectivity index (χ4v) is 4.29. The van der Waals surface area contributed by atoms with Gasteiger partial charge in [0.05, 0.1) is 16.4 Å². The molecule has 6 rings (SSSR count). The molecule has 0 bridgehead atoms. The Morgan fingerprint density at radius 1 is 0.625 bits per heavy atom. The molecule has 32 heavy (non-hydrogen) atoms. The lowest BCUT2D eigenvalue weighted by atomic mass is 10.0. The molecule has 152 valence electrons. The molecule has 2 heterocycles. The Labute approximate surface area is 190 Å². The van der Waals surface area contributed by atoms with Gasteiger partial charge in [-0.25, -0.2) is 9.97 Å². The molecule has 0 amide bonds. The average Bonchev–Trinajstić information content (AvgIpc) is 3.25. The van der Waals surface area contributed by atoms with Crippen LogP contribution in [0.5, 0.6) is 0 Å². The number of aromatic nitrogens is 2. The largest absolute Gasteiger partial charge is 0.454 e. The summed E-state index contributed by atoms with van der Waals surface area (Å²) in [6.07, 6.45) is 0. The highest BCUT2D eigenvalue weighted by Crippen LogP contribution is 2.39. The highest BCUT2D eigenvalue weighted by molar-refractivity contribution is 6.36. The summed E-state index contributed by atoms with van der Waals surface area (Å²) in [6.45, 7) is 0. The first kappa shape index (κ1) is 18.8. The Balaban J connectivity index is 1.66. The number of hydrogen-bond donors (Lipinski definition) is 0. The number of fused-ring (bicyclic) bond motifs is 3. The van der Waals surface area contributed by atoms with E-state index in [-0.39, 0.29) is 0 Å². The first-order valence-corrected chi connectivity index (χ1v) is 10.8. The maximum absolute atomic E-state index is 6.41. The third kappa shape index (κ3) is 3.15. The van der Waals surface area contributed by atoms with Gasteiger partial charge in [0.2, 0.25) is 0 Å². The molecule has 0 aliphatic carbocycles. The van der Waals surface area contributed by atoms with Crippen molar-refractivity contribution in [2.45, 2.75) is 0 Å². The molecular weight excluding hydrogens is 416 g/mol. The zero-order chi connectivity index (χ0) is 21.5. The van der Waals surface area contributed by atoms with Gasteiger partial charge in [0.15, 0.2) is 11.4 Å². The van der Waals surface area contributed by atoms with Crippen molar-refractivity contribution >= 4 is 33.5 Å². The summed E-state index contributed by atoms with van der Waals surface area (Å²) < 4.78 is 6.09. The molecule has 0 saturated carbocycles. The van der Waals surface area contributed by atoms with Crippen LogP contribution in [0.3, 0.4) is 0 Å². The Hall–Kier alpha value is -3.95. The van der Waals surface area contributed by atoms with E-state index in [4.69, 9.17) is 26.0 Å². The summed E-state index contributed by atoms with van der Waals surface area (Å²) in [5.41, 5.74) is 6.19. The van der Waals surface area contributed by atoms with Crippen LogP contribution in [0.15, 0.2) is 108 Å². The molecule has 0 unspecified atom stereocenters. The minimum atomic E-state index is 0.591. The SMILES string of the molecule is Clc1cccc2c1oc1cccc(-c3nc(-c4ccccc4)cc(-c4ccccc4)n3)c12. The Morgan fingerprint density at radius 3 is 1.91 bits per heavy atom. The molecule has 0 radical (unpaired) electrons. The van der Waals surface area contributed by atoms with Crippen LogP contribution in [0.25, 0.3) is 55.8 Å². The van der Waals surface area contributed by atoms with Gasteiger partial charge >= 0.3 is 0 Å². The van der Waals surface area contributed by atoms with Gasteiger partial charge in [-0.3, -0.25) is 0 Å². The van der Waals surface area contributed by atoms with Gasteiger partial charge in [-0.15, -0.1) is 0 Å². The highest BCUT2D eigenvalue weighted by atomic mass is 35.5. The van der Waals surface area contributed by atoms with E-state index in [1.807, 2.05) is 78.9 Å². The molecule has 2 aromatic heterocycles. The van der Waals surface area contributed by atoms with Crippen LogP contribution in [0.1, 0.15) is 0 Å².